The van der Waals surface area contributed by atoms with Gasteiger partial charge < -0.3 is 5.32 Å². The van der Waals surface area contributed by atoms with Gasteiger partial charge in [-0.05, 0) is 18.1 Å². The van der Waals surface area contributed by atoms with Gasteiger partial charge in [0.15, 0.2) is 3.95 Å². The Bertz CT molecular complexity index is 288. The van der Waals surface area contributed by atoms with Crippen LogP contribution < -0.4 is 5.32 Å². The fourth-order valence-electron chi connectivity index (χ4n) is 1.11. The first kappa shape index (κ1) is 10.7. The molecule has 0 fully saturated rings. The van der Waals surface area contributed by atoms with Gasteiger partial charge in [-0.25, -0.2) is 0 Å². The van der Waals surface area contributed by atoms with Crippen LogP contribution in [0.25, 0.3) is 0 Å². The molecule has 0 spiro atoms. The van der Waals surface area contributed by atoms with Crippen molar-refractivity contribution in [1.82, 2.24) is 10.2 Å². The Morgan fingerprint density at radius 1 is 1.54 bits per heavy atom. The summed E-state index contributed by atoms with van der Waals surface area (Å²) in [6.45, 7) is 5.41. The first-order valence-corrected chi connectivity index (χ1v) is 5.78. The molecule has 0 atom stereocenters. The number of anilines is 1. The van der Waals surface area contributed by atoms with Crippen molar-refractivity contribution < 1.29 is 0 Å². The molecule has 0 aliphatic heterocycles. The highest BCUT2D eigenvalue weighted by Gasteiger charge is 2.03. The molecule has 0 aliphatic rings. The van der Waals surface area contributed by atoms with Gasteiger partial charge in [0, 0.05) is 6.54 Å². The predicted octanol–water partition coefficient (Wildman–Crippen LogP) is 3.05. The third-order valence-electron chi connectivity index (χ3n) is 2.13. The molecule has 0 saturated heterocycles. The minimum absolute atomic E-state index is 0.729. The Kier molecular flexibility index (Phi) is 4.38. The van der Waals surface area contributed by atoms with Gasteiger partial charge in [0.2, 0.25) is 5.13 Å². The van der Waals surface area contributed by atoms with Crippen LogP contribution in [0.15, 0.2) is 0 Å². The molecule has 1 heterocycles. The number of nitrogens with zero attached hydrogens (tertiary/aromatic N) is 1. The van der Waals surface area contributed by atoms with Crippen LogP contribution in [0.5, 0.6) is 0 Å². The molecule has 0 aliphatic carbocycles. The molecule has 0 bridgehead atoms. The zero-order valence-corrected chi connectivity index (χ0v) is 9.60. The van der Waals surface area contributed by atoms with Crippen LogP contribution in [0.4, 0.5) is 5.13 Å². The van der Waals surface area contributed by atoms with E-state index in [1.165, 1.54) is 24.2 Å². The molecule has 0 radical (unpaired) electrons. The van der Waals surface area contributed by atoms with Gasteiger partial charge >= 0.3 is 0 Å². The number of aromatic nitrogens is 2. The van der Waals surface area contributed by atoms with Gasteiger partial charge in [-0.2, -0.15) is 0 Å². The summed E-state index contributed by atoms with van der Waals surface area (Å²) in [5, 5.41) is 11.0. The van der Waals surface area contributed by atoms with Gasteiger partial charge in [-0.15, -0.1) is 5.10 Å². The van der Waals surface area contributed by atoms with Crippen LogP contribution in [0.1, 0.15) is 26.7 Å². The third kappa shape index (κ3) is 3.44. The highest BCUT2D eigenvalue weighted by Crippen LogP contribution is 2.13. The van der Waals surface area contributed by atoms with Crippen LogP contribution in [0, 0.1) is 9.87 Å². The van der Waals surface area contributed by atoms with Crippen molar-refractivity contribution in [1.29, 1.82) is 0 Å². The molecule has 1 aromatic rings. The summed E-state index contributed by atoms with van der Waals surface area (Å²) < 4.78 is 0.729. The van der Waals surface area contributed by atoms with Gasteiger partial charge in [0.1, 0.15) is 0 Å². The van der Waals surface area contributed by atoms with Crippen LogP contribution in [-0.2, 0) is 0 Å². The number of rotatable bonds is 5. The molecule has 3 nitrogen and oxygen atoms in total. The Morgan fingerprint density at radius 3 is 2.69 bits per heavy atom. The molecule has 1 rings (SSSR count). The van der Waals surface area contributed by atoms with Crippen molar-refractivity contribution in [2.45, 2.75) is 26.7 Å². The summed E-state index contributed by atoms with van der Waals surface area (Å²) in [4.78, 5) is 0. The van der Waals surface area contributed by atoms with Crippen molar-refractivity contribution >= 4 is 28.7 Å². The van der Waals surface area contributed by atoms with Gasteiger partial charge in [0.05, 0.1) is 0 Å². The molecule has 0 aromatic carbocycles. The largest absolute Gasteiger partial charge is 0.360 e. The van der Waals surface area contributed by atoms with E-state index in [0.29, 0.717) is 0 Å². The Morgan fingerprint density at radius 2 is 2.23 bits per heavy atom. The lowest BCUT2D eigenvalue weighted by Crippen LogP contribution is -2.12. The third-order valence-corrected chi connectivity index (χ3v) is 3.18. The zero-order valence-electron chi connectivity index (χ0n) is 7.96. The summed E-state index contributed by atoms with van der Waals surface area (Å²) in [5.74, 6) is 0.734. The van der Waals surface area contributed by atoms with Crippen molar-refractivity contribution in [3.8, 4) is 0 Å². The van der Waals surface area contributed by atoms with Crippen LogP contribution >= 0.6 is 23.6 Å². The van der Waals surface area contributed by atoms with Gasteiger partial charge in [0.25, 0.3) is 0 Å². The molecule has 0 unspecified atom stereocenters. The van der Waals surface area contributed by atoms with Gasteiger partial charge in [-0.3, -0.25) is 5.10 Å². The number of aromatic amines is 1. The van der Waals surface area contributed by atoms with Crippen LogP contribution in [-0.4, -0.2) is 16.7 Å². The second-order valence-corrected chi connectivity index (χ2v) is 4.65. The summed E-state index contributed by atoms with van der Waals surface area (Å²) in [5.41, 5.74) is 0. The molecule has 74 valence electrons. The van der Waals surface area contributed by atoms with Crippen molar-refractivity contribution in [2.75, 3.05) is 11.9 Å². The summed E-state index contributed by atoms with van der Waals surface area (Å²) in [7, 11) is 0. The maximum atomic E-state index is 4.93. The molecular weight excluding hydrogens is 202 g/mol. The van der Waals surface area contributed by atoms with E-state index in [1.807, 2.05) is 0 Å². The highest BCUT2D eigenvalue weighted by molar-refractivity contribution is 7.73. The van der Waals surface area contributed by atoms with E-state index < -0.39 is 0 Å². The minimum Gasteiger partial charge on any atom is -0.360 e. The van der Waals surface area contributed by atoms with E-state index in [1.54, 1.807) is 0 Å². The smallest absolute Gasteiger partial charge is 0.204 e. The lowest BCUT2D eigenvalue weighted by Gasteiger charge is -2.11. The lowest BCUT2D eigenvalue weighted by atomic mass is 10.0. The summed E-state index contributed by atoms with van der Waals surface area (Å²) in [6.07, 6.45) is 2.42. The van der Waals surface area contributed by atoms with E-state index in [-0.39, 0.29) is 0 Å². The molecule has 2 N–H and O–H groups in total. The minimum atomic E-state index is 0.729. The Hall–Kier alpha value is -0.420. The fraction of sp³-hybridized carbons (Fsp3) is 0.750. The molecule has 1 aromatic heterocycles. The molecular formula is C8H15N3S2. The van der Waals surface area contributed by atoms with Crippen molar-refractivity contribution in [3.05, 3.63) is 3.95 Å². The summed E-state index contributed by atoms with van der Waals surface area (Å²) >= 11 is 6.42. The first-order valence-electron chi connectivity index (χ1n) is 4.55. The first-order chi connectivity index (χ1) is 6.26. The monoisotopic (exact) mass is 217 g/mol. The van der Waals surface area contributed by atoms with Crippen molar-refractivity contribution in [2.24, 2.45) is 5.92 Å². The summed E-state index contributed by atoms with van der Waals surface area (Å²) in [6, 6.07) is 0. The average molecular weight is 217 g/mol. The molecule has 0 saturated carbocycles. The number of H-pyrrole nitrogens is 1. The van der Waals surface area contributed by atoms with E-state index >= 15 is 0 Å². The maximum absolute atomic E-state index is 4.93. The SMILES string of the molecule is CCC(CC)CNc1n[nH]c(=S)s1. The average Bonchev–Trinajstić information content (AvgIpc) is 2.53. The second-order valence-electron chi connectivity index (χ2n) is 2.98. The number of hydrogen-bond donors (Lipinski definition) is 2. The maximum Gasteiger partial charge on any atom is 0.204 e. The van der Waals surface area contributed by atoms with Gasteiger partial charge in [-0.1, -0.05) is 38.0 Å². The molecule has 13 heavy (non-hydrogen) atoms. The fourth-order valence-corrected chi connectivity index (χ4v) is 1.91. The highest BCUT2D eigenvalue weighted by atomic mass is 32.1. The van der Waals surface area contributed by atoms with Crippen LogP contribution in [0.2, 0.25) is 0 Å². The standard InChI is InChI=1S/C8H15N3S2/c1-3-6(4-2)5-9-7-10-11-8(12)13-7/h6H,3-5H2,1-2H3,(H,9,10)(H,11,12). The zero-order chi connectivity index (χ0) is 9.68. The quantitative estimate of drug-likeness (QED) is 0.745. The van der Waals surface area contributed by atoms with E-state index in [2.05, 4.69) is 29.4 Å². The Balaban J connectivity index is 2.38. The second kappa shape index (κ2) is 5.34. The topological polar surface area (TPSA) is 40.7 Å². The van der Waals surface area contributed by atoms with Crippen LogP contribution in [0.3, 0.4) is 0 Å². The molecule has 5 heteroatoms. The Labute approximate surface area is 87.6 Å². The normalized spacial score (nSPS) is 10.7. The number of hydrogen-bond acceptors (Lipinski definition) is 4. The van der Waals surface area contributed by atoms with E-state index in [4.69, 9.17) is 12.2 Å². The predicted molar refractivity (Wildman–Crippen MR) is 59.9 cm³/mol. The van der Waals surface area contributed by atoms with E-state index in [0.717, 1.165) is 21.5 Å². The van der Waals surface area contributed by atoms with Crippen molar-refractivity contribution in [3.63, 3.8) is 0 Å². The molecule has 0 amide bonds. The number of nitrogens with one attached hydrogen (secondary N) is 2. The van der Waals surface area contributed by atoms with E-state index in [9.17, 15) is 0 Å². The lowest BCUT2D eigenvalue weighted by molar-refractivity contribution is 0.519.